The molecule has 29 heavy (non-hydrogen) atoms. The molecule has 7 nitrogen and oxygen atoms in total. The van der Waals surface area contributed by atoms with Crippen LogP contribution in [0.1, 0.15) is 13.8 Å². The van der Waals surface area contributed by atoms with E-state index in [1.165, 1.54) is 24.3 Å². The lowest BCUT2D eigenvalue weighted by Gasteiger charge is -2.36. The summed E-state index contributed by atoms with van der Waals surface area (Å²) in [7, 11) is -3.86. The van der Waals surface area contributed by atoms with Crippen LogP contribution in [0.5, 0.6) is 0 Å². The minimum atomic E-state index is -3.86. The molecule has 4 rings (SSSR count). The zero-order chi connectivity index (χ0) is 20.6. The van der Waals surface area contributed by atoms with Crippen LogP contribution in [0.15, 0.2) is 53.4 Å². The van der Waals surface area contributed by atoms with Crippen molar-refractivity contribution in [2.45, 2.75) is 31.0 Å². The van der Waals surface area contributed by atoms with E-state index in [-0.39, 0.29) is 22.9 Å². The van der Waals surface area contributed by atoms with Crippen LogP contribution in [0, 0.1) is 0 Å². The number of para-hydroxylation sites is 2. The average molecular weight is 433 g/mol. The van der Waals surface area contributed by atoms with E-state index in [1.807, 2.05) is 36.9 Å². The predicted octanol–water partition coefficient (Wildman–Crippen LogP) is 3.70. The van der Waals surface area contributed by atoms with Crippen LogP contribution in [-0.4, -0.2) is 43.7 Å². The Morgan fingerprint density at radius 1 is 1.00 bits per heavy atom. The van der Waals surface area contributed by atoms with Crippen molar-refractivity contribution in [1.82, 2.24) is 9.97 Å². The van der Waals surface area contributed by atoms with E-state index >= 15 is 0 Å². The second kappa shape index (κ2) is 7.78. The van der Waals surface area contributed by atoms with Crippen LogP contribution in [0.2, 0.25) is 5.02 Å². The Labute approximate surface area is 174 Å². The molecule has 0 spiro atoms. The van der Waals surface area contributed by atoms with Crippen molar-refractivity contribution in [3.63, 3.8) is 0 Å². The molecule has 0 aliphatic carbocycles. The van der Waals surface area contributed by atoms with Gasteiger partial charge in [-0.05, 0) is 50.2 Å². The van der Waals surface area contributed by atoms with E-state index in [1.54, 1.807) is 6.07 Å². The Balaban J connectivity index is 1.78. The average Bonchev–Trinajstić information content (AvgIpc) is 2.66. The molecule has 1 aliphatic heterocycles. The van der Waals surface area contributed by atoms with Gasteiger partial charge in [-0.2, -0.15) is 0 Å². The fourth-order valence-electron chi connectivity index (χ4n) is 3.43. The summed E-state index contributed by atoms with van der Waals surface area (Å²) in [5.74, 6) is 0.684. The molecule has 2 aromatic carbocycles. The normalized spacial score (nSPS) is 20.0. The van der Waals surface area contributed by atoms with Gasteiger partial charge in [-0.25, -0.2) is 18.4 Å². The van der Waals surface area contributed by atoms with Crippen LogP contribution in [0.3, 0.4) is 0 Å². The van der Waals surface area contributed by atoms with Crippen LogP contribution in [-0.2, 0) is 14.8 Å². The Bertz CT molecular complexity index is 1130. The summed E-state index contributed by atoms with van der Waals surface area (Å²) in [4.78, 5) is 11.4. The molecule has 1 fully saturated rings. The number of nitrogens with one attached hydrogen (secondary N) is 1. The van der Waals surface area contributed by atoms with Crippen LogP contribution < -0.4 is 9.62 Å². The van der Waals surface area contributed by atoms with Crippen molar-refractivity contribution < 1.29 is 13.2 Å². The zero-order valence-electron chi connectivity index (χ0n) is 16.0. The van der Waals surface area contributed by atoms with Gasteiger partial charge in [0.1, 0.15) is 0 Å². The second-order valence-corrected chi connectivity index (χ2v) is 9.23. The van der Waals surface area contributed by atoms with Gasteiger partial charge in [-0.1, -0.05) is 23.7 Å². The summed E-state index contributed by atoms with van der Waals surface area (Å²) in [6, 6.07) is 13.4. The summed E-state index contributed by atoms with van der Waals surface area (Å²) in [6.45, 7) is 5.14. The van der Waals surface area contributed by atoms with E-state index < -0.39 is 10.0 Å². The molecule has 2 unspecified atom stereocenters. The molecule has 0 amide bonds. The van der Waals surface area contributed by atoms with Crippen LogP contribution >= 0.6 is 11.6 Å². The summed E-state index contributed by atoms with van der Waals surface area (Å²) in [5, 5.41) is 0.464. The summed E-state index contributed by atoms with van der Waals surface area (Å²) >= 11 is 5.89. The van der Waals surface area contributed by atoms with Gasteiger partial charge in [-0.3, -0.25) is 4.72 Å². The lowest BCUT2D eigenvalue weighted by atomic mass is 10.2. The molecule has 1 N–H and O–H groups in total. The lowest BCUT2D eigenvalue weighted by molar-refractivity contribution is -0.00540. The number of morpholine rings is 1. The number of halogens is 1. The highest BCUT2D eigenvalue weighted by molar-refractivity contribution is 7.92. The molecule has 0 radical (unpaired) electrons. The Kier molecular flexibility index (Phi) is 5.33. The van der Waals surface area contributed by atoms with E-state index in [2.05, 4.69) is 9.71 Å². The van der Waals surface area contributed by atoms with Gasteiger partial charge in [0.15, 0.2) is 11.6 Å². The maximum Gasteiger partial charge on any atom is 0.263 e. The maximum atomic E-state index is 12.9. The summed E-state index contributed by atoms with van der Waals surface area (Å²) < 4.78 is 34.3. The quantitative estimate of drug-likeness (QED) is 0.676. The van der Waals surface area contributed by atoms with Gasteiger partial charge in [0, 0.05) is 18.1 Å². The van der Waals surface area contributed by atoms with Crippen molar-refractivity contribution >= 4 is 44.3 Å². The largest absolute Gasteiger partial charge is 0.372 e. The summed E-state index contributed by atoms with van der Waals surface area (Å²) in [5.41, 5.74) is 1.31. The minimum Gasteiger partial charge on any atom is -0.372 e. The highest BCUT2D eigenvalue weighted by Crippen LogP contribution is 2.29. The molecule has 9 heteroatoms. The first-order chi connectivity index (χ1) is 13.8. The van der Waals surface area contributed by atoms with Crippen LogP contribution in [0.4, 0.5) is 11.6 Å². The molecule has 152 valence electrons. The van der Waals surface area contributed by atoms with Gasteiger partial charge >= 0.3 is 0 Å². The van der Waals surface area contributed by atoms with Crippen LogP contribution in [0.25, 0.3) is 11.0 Å². The molecule has 0 saturated carbocycles. The number of fused-ring (bicyclic) bond motifs is 1. The van der Waals surface area contributed by atoms with Gasteiger partial charge in [-0.15, -0.1) is 0 Å². The highest BCUT2D eigenvalue weighted by atomic mass is 35.5. The smallest absolute Gasteiger partial charge is 0.263 e. The van der Waals surface area contributed by atoms with Crippen molar-refractivity contribution in [3.8, 4) is 0 Å². The first-order valence-corrected chi connectivity index (χ1v) is 11.1. The van der Waals surface area contributed by atoms with E-state index in [9.17, 15) is 8.42 Å². The number of sulfonamides is 1. The Morgan fingerprint density at radius 2 is 1.59 bits per heavy atom. The number of ether oxygens (including phenoxy) is 1. The third-order valence-electron chi connectivity index (χ3n) is 4.63. The first kappa shape index (κ1) is 19.9. The topological polar surface area (TPSA) is 84.4 Å². The third kappa shape index (κ3) is 4.29. The number of aromatic nitrogens is 2. The fraction of sp³-hybridized carbons (Fsp3) is 0.300. The van der Waals surface area contributed by atoms with Gasteiger partial charge in [0.05, 0.1) is 28.1 Å². The van der Waals surface area contributed by atoms with E-state index in [0.29, 0.717) is 35.0 Å². The molecule has 0 bridgehead atoms. The fourth-order valence-corrected chi connectivity index (χ4v) is 4.56. The first-order valence-electron chi connectivity index (χ1n) is 9.27. The van der Waals surface area contributed by atoms with E-state index in [4.69, 9.17) is 21.3 Å². The van der Waals surface area contributed by atoms with Crippen molar-refractivity contribution in [2.24, 2.45) is 0 Å². The number of anilines is 2. The lowest BCUT2D eigenvalue weighted by Crippen LogP contribution is -2.46. The number of benzene rings is 2. The van der Waals surface area contributed by atoms with Crippen molar-refractivity contribution in [2.75, 3.05) is 22.7 Å². The standard InChI is InChI=1S/C20H21ClN4O3S/c1-13-11-25(12-14(2)28-13)20-19(22-17-5-3-4-6-18(17)23-20)24-29(26,27)16-9-7-15(21)8-10-16/h3-10,13-14H,11-12H2,1-2H3,(H,22,24). The van der Waals surface area contributed by atoms with Crippen molar-refractivity contribution in [1.29, 1.82) is 0 Å². The SMILES string of the molecule is CC1CN(c2nc3ccccc3nc2NS(=O)(=O)c2ccc(Cl)cc2)CC(C)O1. The minimum absolute atomic E-state index is 0.00672. The molecule has 2 heterocycles. The predicted molar refractivity (Wildman–Crippen MR) is 114 cm³/mol. The zero-order valence-corrected chi connectivity index (χ0v) is 17.6. The molecule has 2 atom stereocenters. The summed E-state index contributed by atoms with van der Waals surface area (Å²) in [6.07, 6.45) is -0.0134. The maximum absolute atomic E-state index is 12.9. The van der Waals surface area contributed by atoms with E-state index in [0.717, 1.165) is 0 Å². The van der Waals surface area contributed by atoms with Crippen molar-refractivity contribution in [3.05, 3.63) is 53.6 Å². The molecule has 3 aromatic rings. The number of nitrogens with zero attached hydrogens (tertiary/aromatic N) is 3. The number of hydrogen-bond acceptors (Lipinski definition) is 6. The van der Waals surface area contributed by atoms with Gasteiger partial charge in [0.25, 0.3) is 10.0 Å². The Hall–Kier alpha value is -2.42. The third-order valence-corrected chi connectivity index (χ3v) is 6.23. The van der Waals surface area contributed by atoms with Gasteiger partial charge < -0.3 is 9.64 Å². The molecular weight excluding hydrogens is 412 g/mol. The number of hydrogen-bond donors (Lipinski definition) is 1. The molecular formula is C20H21ClN4O3S. The Morgan fingerprint density at radius 3 is 2.21 bits per heavy atom. The number of rotatable bonds is 4. The molecule has 1 aromatic heterocycles. The second-order valence-electron chi connectivity index (χ2n) is 7.11. The molecule has 1 saturated heterocycles. The molecule has 1 aliphatic rings. The van der Waals surface area contributed by atoms with Gasteiger partial charge in [0.2, 0.25) is 0 Å². The highest BCUT2D eigenvalue weighted by Gasteiger charge is 2.28. The monoisotopic (exact) mass is 432 g/mol.